The Morgan fingerprint density at radius 2 is 1.36 bits per heavy atom. The van der Waals surface area contributed by atoms with Gasteiger partial charge in [0.05, 0.1) is 38.6 Å². The fourth-order valence-corrected chi connectivity index (χ4v) is 9.76. The molecule has 1 unspecified atom stereocenters. The van der Waals surface area contributed by atoms with Crippen LogP contribution in [0.2, 0.25) is 0 Å². The minimum atomic E-state index is -4.10. The summed E-state index contributed by atoms with van der Waals surface area (Å²) in [6, 6.07) is 7.25. The molecule has 0 aliphatic heterocycles. The first kappa shape index (κ1) is 25.0. The number of rotatable bonds is 13. The third kappa shape index (κ3) is 5.75. The summed E-state index contributed by atoms with van der Waals surface area (Å²) in [5.74, 6) is -2.30. The number of nitrogens with zero attached hydrogens (tertiary/aromatic N) is 2. The van der Waals surface area contributed by atoms with E-state index in [1.54, 1.807) is 45.2 Å². The molecule has 1 aromatic heterocycles. The summed E-state index contributed by atoms with van der Waals surface area (Å²) in [6.07, 6.45) is 0. The molecule has 0 radical (unpaired) electrons. The molecule has 0 fully saturated rings. The smallest absolute Gasteiger partial charge is 0.308 e. The van der Waals surface area contributed by atoms with Crippen LogP contribution in [0.1, 0.15) is 38.5 Å². The summed E-state index contributed by atoms with van der Waals surface area (Å²) in [4.78, 5) is 0.553. The number of nitriles is 2. The summed E-state index contributed by atoms with van der Waals surface area (Å²) >= 11 is 1.26. The normalized spacial score (nSPS) is 13.4. The molecular weight excluding hydrogens is 422 g/mol. The maximum absolute atomic E-state index is 13.8. The van der Waals surface area contributed by atoms with Gasteiger partial charge in [-0.15, -0.1) is 11.3 Å². The van der Waals surface area contributed by atoms with Crippen molar-refractivity contribution in [2.45, 2.75) is 39.0 Å². The van der Waals surface area contributed by atoms with E-state index in [2.05, 4.69) is 0 Å². The van der Waals surface area contributed by atoms with E-state index in [0.717, 1.165) is 0 Å². The number of hydrogen-bond donors (Lipinski definition) is 0. The van der Waals surface area contributed by atoms with E-state index in [1.807, 2.05) is 12.1 Å². The molecule has 0 bridgehead atoms. The molecule has 28 heavy (non-hydrogen) atoms. The fourth-order valence-electron chi connectivity index (χ4n) is 2.82. The van der Waals surface area contributed by atoms with E-state index >= 15 is 0 Å². The van der Waals surface area contributed by atoms with Gasteiger partial charge >= 0.3 is 15.2 Å². The zero-order valence-corrected chi connectivity index (χ0v) is 19.0. The first-order chi connectivity index (χ1) is 13.4. The molecule has 0 saturated carbocycles. The van der Waals surface area contributed by atoms with Crippen molar-refractivity contribution in [1.29, 1.82) is 10.5 Å². The highest BCUT2D eigenvalue weighted by Gasteiger charge is 2.57. The van der Waals surface area contributed by atoms with Crippen molar-refractivity contribution in [2.24, 2.45) is 5.92 Å². The zero-order chi connectivity index (χ0) is 21.2. The molecule has 1 atom stereocenters. The average Bonchev–Trinajstić information content (AvgIpc) is 3.16. The molecule has 0 amide bonds. The van der Waals surface area contributed by atoms with Crippen molar-refractivity contribution < 1.29 is 27.2 Å². The Hall–Kier alpha value is -1.02. The lowest BCUT2D eigenvalue weighted by Crippen LogP contribution is -2.28. The summed E-state index contributed by atoms with van der Waals surface area (Å²) in [7, 11) is -8.19. The van der Waals surface area contributed by atoms with Crippen molar-refractivity contribution >= 4 is 26.5 Å². The van der Waals surface area contributed by atoms with E-state index in [-0.39, 0.29) is 26.4 Å². The molecule has 0 N–H and O–H groups in total. The van der Waals surface area contributed by atoms with Crippen LogP contribution in [0.4, 0.5) is 0 Å². The SMILES string of the molecule is CCOP(=O)(OCC)C(C(c1cccs1)C(C#N)C#N)P(=O)(OCC)OCC. The molecule has 0 aromatic carbocycles. The quantitative estimate of drug-likeness (QED) is 0.370. The molecule has 156 valence electrons. The van der Waals surface area contributed by atoms with Crippen molar-refractivity contribution in [2.75, 3.05) is 26.4 Å². The molecule has 8 nitrogen and oxygen atoms in total. The molecule has 0 aliphatic rings. The van der Waals surface area contributed by atoms with Crippen LogP contribution in [0.25, 0.3) is 0 Å². The second-order valence-corrected chi connectivity index (χ2v) is 11.1. The van der Waals surface area contributed by atoms with Crippen LogP contribution in [0.15, 0.2) is 17.5 Å². The lowest BCUT2D eigenvalue weighted by atomic mass is 9.95. The maximum Gasteiger partial charge on any atom is 0.346 e. The minimum absolute atomic E-state index is 0.0208. The molecule has 0 saturated heterocycles. The van der Waals surface area contributed by atoms with Crippen molar-refractivity contribution in [3.63, 3.8) is 0 Å². The third-order valence-corrected chi connectivity index (χ3v) is 10.8. The van der Waals surface area contributed by atoms with E-state index in [4.69, 9.17) is 18.1 Å². The molecular formula is C17H26N2O6P2S. The van der Waals surface area contributed by atoms with Gasteiger partial charge in [-0.3, -0.25) is 9.13 Å². The molecule has 11 heteroatoms. The van der Waals surface area contributed by atoms with Crippen LogP contribution < -0.4 is 0 Å². The Morgan fingerprint density at radius 1 is 0.929 bits per heavy atom. The largest absolute Gasteiger partial charge is 0.346 e. The van der Waals surface area contributed by atoms with Crippen molar-refractivity contribution in [3.8, 4) is 12.1 Å². The van der Waals surface area contributed by atoms with Gasteiger partial charge in [-0.05, 0) is 39.1 Å². The zero-order valence-electron chi connectivity index (χ0n) is 16.4. The Balaban J connectivity index is 3.80. The Labute approximate surface area is 170 Å². The molecule has 1 rings (SSSR count). The van der Waals surface area contributed by atoms with Gasteiger partial charge in [0, 0.05) is 10.8 Å². The second-order valence-electron chi connectivity index (χ2n) is 5.44. The highest BCUT2D eigenvalue weighted by atomic mass is 32.1. The monoisotopic (exact) mass is 448 g/mol. The Bertz CT molecular complexity index is 710. The Morgan fingerprint density at radius 3 is 1.64 bits per heavy atom. The van der Waals surface area contributed by atoms with E-state index < -0.39 is 32.4 Å². The van der Waals surface area contributed by atoms with Crippen LogP contribution in [0, 0.1) is 28.6 Å². The lowest BCUT2D eigenvalue weighted by Gasteiger charge is -2.36. The van der Waals surface area contributed by atoms with Crippen LogP contribution in [-0.4, -0.2) is 31.8 Å². The fraction of sp³-hybridized carbons (Fsp3) is 0.647. The topological polar surface area (TPSA) is 119 Å². The predicted octanol–water partition coefficient (Wildman–Crippen LogP) is 5.35. The highest BCUT2D eigenvalue weighted by molar-refractivity contribution is 7.72. The summed E-state index contributed by atoms with van der Waals surface area (Å²) in [6.45, 7) is 6.59. The standard InChI is InChI=1S/C17H26N2O6P2S/c1-5-22-26(20,23-6-2)17(27(21,24-7-3)25-8-4)16(14(12-18)13-19)15-10-9-11-28-15/h9-11,14,16-17H,5-8H2,1-4H3. The van der Waals surface area contributed by atoms with Gasteiger partial charge in [0.15, 0.2) is 5.40 Å². The summed E-state index contributed by atoms with van der Waals surface area (Å²) in [5.41, 5.74) is 0. The van der Waals surface area contributed by atoms with E-state index in [1.165, 1.54) is 11.3 Å². The van der Waals surface area contributed by atoms with Gasteiger partial charge in [0.2, 0.25) is 0 Å². The van der Waals surface area contributed by atoms with E-state index in [9.17, 15) is 19.7 Å². The van der Waals surface area contributed by atoms with E-state index in [0.29, 0.717) is 4.88 Å². The van der Waals surface area contributed by atoms with Crippen LogP contribution >= 0.6 is 26.5 Å². The predicted molar refractivity (Wildman–Crippen MR) is 107 cm³/mol. The lowest BCUT2D eigenvalue weighted by molar-refractivity contribution is 0.190. The van der Waals surface area contributed by atoms with Gasteiger partial charge in [0.1, 0.15) is 5.92 Å². The third-order valence-electron chi connectivity index (χ3n) is 3.71. The van der Waals surface area contributed by atoms with Gasteiger partial charge in [-0.25, -0.2) is 0 Å². The highest BCUT2D eigenvalue weighted by Crippen LogP contribution is 2.74. The first-order valence-corrected chi connectivity index (χ1v) is 13.1. The first-order valence-electron chi connectivity index (χ1n) is 8.97. The van der Waals surface area contributed by atoms with Crippen molar-refractivity contribution in [3.05, 3.63) is 22.4 Å². The summed E-state index contributed by atoms with van der Waals surface area (Å²) in [5, 5.41) is 19.5. The minimum Gasteiger partial charge on any atom is -0.308 e. The molecule has 1 aromatic rings. The van der Waals surface area contributed by atoms with Crippen LogP contribution in [0.3, 0.4) is 0 Å². The average molecular weight is 448 g/mol. The second kappa shape index (κ2) is 11.9. The number of hydrogen-bond acceptors (Lipinski definition) is 9. The van der Waals surface area contributed by atoms with Gasteiger partial charge in [-0.2, -0.15) is 10.5 Å². The van der Waals surface area contributed by atoms with Crippen LogP contribution in [0.5, 0.6) is 0 Å². The van der Waals surface area contributed by atoms with Crippen LogP contribution in [-0.2, 0) is 27.2 Å². The summed E-state index contributed by atoms with van der Waals surface area (Å²) < 4.78 is 49.5. The maximum atomic E-state index is 13.8. The van der Waals surface area contributed by atoms with Gasteiger partial charge in [0.25, 0.3) is 0 Å². The molecule has 0 spiro atoms. The number of thiophene rings is 1. The molecule has 0 aliphatic carbocycles. The molecule has 1 heterocycles. The van der Waals surface area contributed by atoms with Gasteiger partial charge < -0.3 is 18.1 Å². The van der Waals surface area contributed by atoms with Crippen molar-refractivity contribution in [1.82, 2.24) is 0 Å². The van der Waals surface area contributed by atoms with Gasteiger partial charge in [-0.1, -0.05) is 6.07 Å². The Kier molecular flexibility index (Phi) is 10.6.